The first-order valence-corrected chi connectivity index (χ1v) is 6.59. The maximum Gasteiger partial charge on any atom is 0.119 e. The van der Waals surface area contributed by atoms with Crippen molar-refractivity contribution in [1.82, 2.24) is 5.32 Å². The summed E-state index contributed by atoms with van der Waals surface area (Å²) in [5.74, 6) is 0.896. The van der Waals surface area contributed by atoms with E-state index >= 15 is 0 Å². The Bertz CT molecular complexity index is 347. The van der Waals surface area contributed by atoms with E-state index in [1.165, 1.54) is 0 Å². The van der Waals surface area contributed by atoms with Crippen LogP contribution in [0.15, 0.2) is 24.3 Å². The van der Waals surface area contributed by atoms with Gasteiger partial charge in [0, 0.05) is 18.6 Å². The molecule has 2 atom stereocenters. The van der Waals surface area contributed by atoms with Gasteiger partial charge < -0.3 is 20.5 Å². The van der Waals surface area contributed by atoms with Gasteiger partial charge in [-0.3, -0.25) is 0 Å². The van der Waals surface area contributed by atoms with Crippen molar-refractivity contribution < 1.29 is 9.47 Å². The van der Waals surface area contributed by atoms with Crippen molar-refractivity contribution in [2.75, 3.05) is 26.4 Å². The molecule has 0 amide bonds. The molecule has 1 aliphatic heterocycles. The Labute approximate surface area is 108 Å². The summed E-state index contributed by atoms with van der Waals surface area (Å²) in [5.41, 5.74) is 7.36. The summed E-state index contributed by atoms with van der Waals surface area (Å²) in [6.07, 6.45) is 0.897. The van der Waals surface area contributed by atoms with E-state index in [2.05, 4.69) is 5.32 Å². The van der Waals surface area contributed by atoms with Crippen LogP contribution in [0, 0.1) is 0 Å². The first-order chi connectivity index (χ1) is 8.79. The maximum atomic E-state index is 6.21. The average molecular weight is 250 g/mol. The first-order valence-electron chi connectivity index (χ1n) is 6.59. The highest BCUT2D eigenvalue weighted by Gasteiger charge is 2.17. The number of nitrogens with two attached hydrogens (primary N) is 1. The van der Waals surface area contributed by atoms with E-state index in [0.29, 0.717) is 12.6 Å². The molecule has 0 aromatic heterocycles. The highest BCUT2D eigenvalue weighted by Crippen LogP contribution is 2.20. The van der Waals surface area contributed by atoms with Crippen LogP contribution in [-0.4, -0.2) is 32.4 Å². The van der Waals surface area contributed by atoms with Gasteiger partial charge in [0.2, 0.25) is 0 Å². The molecule has 100 valence electrons. The summed E-state index contributed by atoms with van der Waals surface area (Å²) in [6.45, 7) is 5.14. The van der Waals surface area contributed by atoms with Gasteiger partial charge in [-0.15, -0.1) is 0 Å². The highest BCUT2D eigenvalue weighted by molar-refractivity contribution is 5.29. The Balaban J connectivity index is 1.89. The lowest BCUT2D eigenvalue weighted by Gasteiger charge is -2.26. The molecule has 1 saturated heterocycles. The van der Waals surface area contributed by atoms with Crippen molar-refractivity contribution in [3.63, 3.8) is 0 Å². The van der Waals surface area contributed by atoms with Crippen LogP contribution in [0.5, 0.6) is 5.75 Å². The third-order valence-electron chi connectivity index (χ3n) is 3.16. The Morgan fingerprint density at radius 2 is 2.22 bits per heavy atom. The number of nitrogens with one attached hydrogen (secondary N) is 1. The lowest BCUT2D eigenvalue weighted by Crippen LogP contribution is -2.42. The average Bonchev–Trinajstić information content (AvgIpc) is 2.41. The molecule has 2 rings (SSSR count). The second-order valence-corrected chi connectivity index (χ2v) is 4.57. The topological polar surface area (TPSA) is 56.5 Å². The van der Waals surface area contributed by atoms with Gasteiger partial charge in [-0.05, 0) is 31.0 Å². The van der Waals surface area contributed by atoms with Crippen LogP contribution in [0.4, 0.5) is 0 Å². The van der Waals surface area contributed by atoms with E-state index < -0.39 is 0 Å². The fraction of sp³-hybridized carbons (Fsp3) is 0.571. The molecule has 4 heteroatoms. The molecule has 0 bridgehead atoms. The van der Waals surface area contributed by atoms with E-state index in [1.54, 1.807) is 0 Å². The van der Waals surface area contributed by atoms with Gasteiger partial charge in [0.05, 0.1) is 19.8 Å². The molecular formula is C14H22N2O2. The lowest BCUT2D eigenvalue weighted by molar-refractivity contribution is 0.0720. The Kier molecular flexibility index (Phi) is 4.99. The van der Waals surface area contributed by atoms with Gasteiger partial charge in [0.25, 0.3) is 0 Å². The van der Waals surface area contributed by atoms with Crippen molar-refractivity contribution in [2.45, 2.75) is 25.4 Å². The predicted octanol–water partition coefficient (Wildman–Crippen LogP) is 1.46. The summed E-state index contributed by atoms with van der Waals surface area (Å²) in [6, 6.07) is 8.44. The standard InChI is InChI=1S/C14H22N2O2/c1-2-18-13-5-3-11(4-6-13)14(15)9-12-10-17-8-7-16-12/h3-6,12,14,16H,2,7-10,15H2,1H3. The third-order valence-corrected chi connectivity index (χ3v) is 3.16. The molecule has 18 heavy (non-hydrogen) atoms. The van der Waals surface area contributed by atoms with Crippen molar-refractivity contribution in [1.29, 1.82) is 0 Å². The summed E-state index contributed by atoms with van der Waals surface area (Å²) >= 11 is 0. The summed E-state index contributed by atoms with van der Waals surface area (Å²) in [5, 5.41) is 3.42. The molecule has 0 aliphatic carbocycles. The monoisotopic (exact) mass is 250 g/mol. The van der Waals surface area contributed by atoms with Gasteiger partial charge in [0.15, 0.2) is 0 Å². The number of rotatable bonds is 5. The minimum atomic E-state index is 0.0416. The van der Waals surface area contributed by atoms with Gasteiger partial charge in [-0.2, -0.15) is 0 Å². The zero-order valence-electron chi connectivity index (χ0n) is 10.9. The SMILES string of the molecule is CCOc1ccc(C(N)CC2COCCN2)cc1. The molecule has 2 unspecified atom stereocenters. The minimum Gasteiger partial charge on any atom is -0.494 e. The van der Waals surface area contributed by atoms with Crippen molar-refractivity contribution in [2.24, 2.45) is 5.73 Å². The van der Waals surface area contributed by atoms with Gasteiger partial charge in [-0.25, -0.2) is 0 Å². The second kappa shape index (κ2) is 6.73. The first kappa shape index (κ1) is 13.3. The van der Waals surface area contributed by atoms with Gasteiger partial charge in [-0.1, -0.05) is 12.1 Å². The molecule has 1 aliphatic rings. The van der Waals surface area contributed by atoms with Crippen LogP contribution in [0.3, 0.4) is 0 Å². The van der Waals surface area contributed by atoms with E-state index in [0.717, 1.165) is 37.5 Å². The number of morpholine rings is 1. The fourth-order valence-electron chi connectivity index (χ4n) is 2.19. The summed E-state index contributed by atoms with van der Waals surface area (Å²) in [7, 11) is 0. The molecule has 1 heterocycles. The van der Waals surface area contributed by atoms with Crippen LogP contribution in [0.25, 0.3) is 0 Å². The Morgan fingerprint density at radius 3 is 2.83 bits per heavy atom. The number of benzene rings is 1. The predicted molar refractivity (Wildman–Crippen MR) is 71.8 cm³/mol. The van der Waals surface area contributed by atoms with Crippen molar-refractivity contribution in [3.8, 4) is 5.75 Å². The number of hydrogen-bond acceptors (Lipinski definition) is 4. The molecule has 0 saturated carbocycles. The van der Waals surface area contributed by atoms with Crippen molar-refractivity contribution in [3.05, 3.63) is 29.8 Å². The molecular weight excluding hydrogens is 228 g/mol. The minimum absolute atomic E-state index is 0.0416. The van der Waals surface area contributed by atoms with Crippen LogP contribution >= 0.6 is 0 Å². The Hall–Kier alpha value is -1.10. The molecule has 3 N–H and O–H groups in total. The lowest BCUT2D eigenvalue weighted by atomic mass is 10.00. The van der Waals surface area contributed by atoms with E-state index in [1.807, 2.05) is 31.2 Å². The van der Waals surface area contributed by atoms with Gasteiger partial charge >= 0.3 is 0 Å². The smallest absolute Gasteiger partial charge is 0.119 e. The fourth-order valence-corrected chi connectivity index (χ4v) is 2.19. The van der Waals surface area contributed by atoms with Crippen molar-refractivity contribution >= 4 is 0 Å². The van der Waals surface area contributed by atoms with Crippen LogP contribution in [-0.2, 0) is 4.74 Å². The molecule has 1 aromatic rings. The van der Waals surface area contributed by atoms with Crippen LogP contribution in [0.1, 0.15) is 24.9 Å². The molecule has 1 aromatic carbocycles. The van der Waals surface area contributed by atoms with E-state index in [9.17, 15) is 0 Å². The Morgan fingerprint density at radius 1 is 1.44 bits per heavy atom. The van der Waals surface area contributed by atoms with E-state index in [4.69, 9.17) is 15.2 Å². The largest absolute Gasteiger partial charge is 0.494 e. The summed E-state index contributed by atoms with van der Waals surface area (Å²) in [4.78, 5) is 0. The number of hydrogen-bond donors (Lipinski definition) is 2. The molecule has 1 fully saturated rings. The normalized spacial score (nSPS) is 21.6. The van der Waals surface area contributed by atoms with Crippen LogP contribution < -0.4 is 15.8 Å². The second-order valence-electron chi connectivity index (χ2n) is 4.57. The zero-order valence-corrected chi connectivity index (χ0v) is 10.9. The molecule has 0 radical (unpaired) electrons. The third kappa shape index (κ3) is 3.70. The quantitative estimate of drug-likeness (QED) is 0.831. The summed E-state index contributed by atoms with van der Waals surface area (Å²) < 4.78 is 10.8. The van der Waals surface area contributed by atoms with Crippen LogP contribution in [0.2, 0.25) is 0 Å². The number of ether oxygens (including phenoxy) is 2. The van der Waals surface area contributed by atoms with Gasteiger partial charge in [0.1, 0.15) is 5.75 Å². The molecule has 0 spiro atoms. The maximum absolute atomic E-state index is 6.21. The van der Waals surface area contributed by atoms with E-state index in [-0.39, 0.29) is 6.04 Å². The molecule has 4 nitrogen and oxygen atoms in total. The zero-order chi connectivity index (χ0) is 12.8. The highest BCUT2D eigenvalue weighted by atomic mass is 16.5.